The highest BCUT2D eigenvalue weighted by Crippen LogP contribution is 2.19. The lowest BCUT2D eigenvalue weighted by molar-refractivity contribution is -0.121. The second-order valence-electron chi connectivity index (χ2n) is 7.44. The number of benzene rings is 1. The van der Waals surface area contributed by atoms with Gasteiger partial charge in [-0.15, -0.1) is 10.2 Å². The summed E-state index contributed by atoms with van der Waals surface area (Å²) in [5.41, 5.74) is 2.58. The van der Waals surface area contributed by atoms with Crippen molar-refractivity contribution in [1.29, 1.82) is 5.26 Å². The van der Waals surface area contributed by atoms with Crippen LogP contribution in [0, 0.1) is 11.3 Å². The van der Waals surface area contributed by atoms with E-state index in [0.717, 1.165) is 5.56 Å². The Morgan fingerprint density at radius 2 is 1.89 bits per heavy atom. The molecule has 3 rings (SSSR count). The highest BCUT2D eigenvalue weighted by molar-refractivity contribution is 5.79. The summed E-state index contributed by atoms with van der Waals surface area (Å²) < 4.78 is 0. The quantitative estimate of drug-likeness (QED) is 0.793. The van der Waals surface area contributed by atoms with Crippen LogP contribution < -0.4 is 15.5 Å². The van der Waals surface area contributed by atoms with Crippen LogP contribution in [-0.2, 0) is 11.2 Å². The molecule has 0 saturated carbocycles. The fraction of sp³-hybridized carbons (Fsp3) is 0.429. The van der Waals surface area contributed by atoms with Crippen molar-refractivity contribution in [3.05, 3.63) is 53.2 Å². The van der Waals surface area contributed by atoms with Gasteiger partial charge in [0, 0.05) is 19.1 Å². The third-order valence-electron chi connectivity index (χ3n) is 5.14. The molecule has 2 atom stereocenters. The Balaban J connectivity index is 1.60. The minimum Gasteiger partial charge on any atom is -0.351 e. The fourth-order valence-corrected chi connectivity index (χ4v) is 3.45. The van der Waals surface area contributed by atoms with Gasteiger partial charge in [0.05, 0.1) is 12.5 Å². The lowest BCUT2D eigenvalue weighted by Gasteiger charge is -2.19. The first-order chi connectivity index (χ1) is 13.5. The van der Waals surface area contributed by atoms with Crippen molar-refractivity contribution in [2.75, 3.05) is 25.0 Å². The number of nitriles is 1. The van der Waals surface area contributed by atoms with E-state index in [4.69, 9.17) is 5.26 Å². The highest BCUT2D eigenvalue weighted by atomic mass is 16.1. The molecule has 146 valence electrons. The van der Waals surface area contributed by atoms with Crippen molar-refractivity contribution in [2.45, 2.75) is 38.3 Å². The summed E-state index contributed by atoms with van der Waals surface area (Å²) in [5.74, 6) is 1.20. The van der Waals surface area contributed by atoms with Crippen LogP contribution in [-0.4, -0.2) is 48.3 Å². The molecule has 1 aromatic heterocycles. The first-order valence-corrected chi connectivity index (χ1v) is 9.54. The monoisotopic (exact) mass is 378 g/mol. The topological polar surface area (TPSA) is 93.9 Å². The zero-order chi connectivity index (χ0) is 20.1. The van der Waals surface area contributed by atoms with Crippen molar-refractivity contribution < 1.29 is 4.79 Å². The highest BCUT2D eigenvalue weighted by Gasteiger charge is 2.33. The summed E-state index contributed by atoms with van der Waals surface area (Å²) in [5, 5.41) is 23.3. The number of carbonyl (C=O) groups is 1. The maximum atomic E-state index is 12.6. The van der Waals surface area contributed by atoms with Gasteiger partial charge in [0.15, 0.2) is 11.5 Å². The Kier molecular flexibility index (Phi) is 6.22. The number of rotatable bonds is 6. The summed E-state index contributed by atoms with van der Waals surface area (Å²) in [6.45, 7) is 5.67. The van der Waals surface area contributed by atoms with Gasteiger partial charge in [0.1, 0.15) is 6.07 Å². The Morgan fingerprint density at radius 1 is 1.18 bits per heavy atom. The number of amides is 1. The molecule has 7 nitrogen and oxygen atoms in total. The minimum atomic E-state index is -0.0233. The first-order valence-electron chi connectivity index (χ1n) is 9.54. The molecule has 0 unspecified atom stereocenters. The number of anilines is 1. The van der Waals surface area contributed by atoms with Crippen LogP contribution >= 0.6 is 0 Å². The molecule has 1 aliphatic heterocycles. The smallest absolute Gasteiger partial charge is 0.224 e. The first kappa shape index (κ1) is 19.8. The molecule has 0 bridgehead atoms. The van der Waals surface area contributed by atoms with Crippen LogP contribution in [0.25, 0.3) is 0 Å². The van der Waals surface area contributed by atoms with Crippen molar-refractivity contribution in [1.82, 2.24) is 20.8 Å². The van der Waals surface area contributed by atoms with Crippen molar-refractivity contribution in [2.24, 2.45) is 0 Å². The maximum absolute atomic E-state index is 12.6. The van der Waals surface area contributed by atoms with Crippen molar-refractivity contribution >= 4 is 11.7 Å². The van der Waals surface area contributed by atoms with Gasteiger partial charge in [-0.3, -0.25) is 4.79 Å². The van der Waals surface area contributed by atoms with Crippen LogP contribution in [0.4, 0.5) is 5.82 Å². The summed E-state index contributed by atoms with van der Waals surface area (Å²) in [4.78, 5) is 14.6. The van der Waals surface area contributed by atoms with Crippen molar-refractivity contribution in [3.63, 3.8) is 0 Å². The summed E-state index contributed by atoms with van der Waals surface area (Å²) >= 11 is 0. The van der Waals surface area contributed by atoms with E-state index < -0.39 is 0 Å². The van der Waals surface area contributed by atoms with Gasteiger partial charge in [-0.2, -0.15) is 5.26 Å². The standard InChI is InChI=1S/C21H26N6O/c1-14(2)16-6-4-15(5-7-16)10-21(28)24-19-13-27(12-18(19)23-3)20-9-8-17(11-22)25-26-20/h4-9,14,18-19,23H,10,12-13H2,1-3H3,(H,24,28)/t18-,19-/m1/s1. The molecular formula is C21H26N6O. The second-order valence-corrected chi connectivity index (χ2v) is 7.44. The largest absolute Gasteiger partial charge is 0.351 e. The molecule has 2 N–H and O–H groups in total. The molecule has 1 aliphatic rings. The lowest BCUT2D eigenvalue weighted by Crippen LogP contribution is -2.48. The number of aromatic nitrogens is 2. The second kappa shape index (κ2) is 8.81. The summed E-state index contributed by atoms with van der Waals surface area (Å²) in [6, 6.07) is 13.7. The maximum Gasteiger partial charge on any atom is 0.224 e. The van der Waals surface area contributed by atoms with Crippen LogP contribution in [0.2, 0.25) is 0 Å². The number of carbonyl (C=O) groups excluding carboxylic acids is 1. The average molecular weight is 378 g/mol. The van der Waals surface area contributed by atoms with Gasteiger partial charge in [0.2, 0.25) is 5.91 Å². The minimum absolute atomic E-state index is 0.00955. The average Bonchev–Trinajstić information content (AvgIpc) is 3.11. The number of nitrogens with zero attached hydrogens (tertiary/aromatic N) is 4. The van der Waals surface area contributed by atoms with Crippen molar-refractivity contribution in [3.8, 4) is 6.07 Å². The summed E-state index contributed by atoms with van der Waals surface area (Å²) in [7, 11) is 1.89. The lowest BCUT2D eigenvalue weighted by atomic mass is 10.0. The molecule has 0 spiro atoms. The van der Waals surface area contributed by atoms with E-state index in [1.165, 1.54) is 5.56 Å². The van der Waals surface area contributed by atoms with E-state index in [1.54, 1.807) is 12.1 Å². The van der Waals surface area contributed by atoms with E-state index in [2.05, 4.69) is 51.7 Å². The number of nitrogens with one attached hydrogen (secondary N) is 2. The molecule has 0 radical (unpaired) electrons. The van der Waals surface area contributed by atoms with Gasteiger partial charge in [0.25, 0.3) is 0 Å². The predicted molar refractivity (Wildman–Crippen MR) is 108 cm³/mol. The molecule has 7 heteroatoms. The van der Waals surface area contributed by atoms with E-state index in [9.17, 15) is 4.79 Å². The number of hydrogen-bond donors (Lipinski definition) is 2. The Morgan fingerprint density at radius 3 is 2.46 bits per heavy atom. The number of likely N-dealkylation sites (N-methyl/N-ethyl adjacent to an activating group) is 1. The van der Waals surface area contributed by atoms with Crippen LogP contribution in [0.1, 0.15) is 36.6 Å². The molecule has 28 heavy (non-hydrogen) atoms. The van der Waals surface area contributed by atoms with Gasteiger partial charge >= 0.3 is 0 Å². The molecule has 1 saturated heterocycles. The molecular weight excluding hydrogens is 352 g/mol. The molecule has 2 heterocycles. The van der Waals surface area contributed by atoms with Gasteiger partial charge in [-0.05, 0) is 36.2 Å². The van der Waals surface area contributed by atoms with E-state index in [0.29, 0.717) is 36.9 Å². The zero-order valence-corrected chi connectivity index (χ0v) is 16.5. The Labute approximate surface area is 165 Å². The predicted octanol–water partition coefficient (Wildman–Crippen LogP) is 1.61. The zero-order valence-electron chi connectivity index (χ0n) is 16.5. The normalized spacial score (nSPS) is 18.9. The third kappa shape index (κ3) is 4.65. The van der Waals surface area contributed by atoms with Crippen LogP contribution in [0.15, 0.2) is 36.4 Å². The number of hydrogen-bond acceptors (Lipinski definition) is 6. The Bertz CT molecular complexity index is 841. The SMILES string of the molecule is CN[C@@H]1CN(c2ccc(C#N)nn2)C[C@H]1NC(=O)Cc1ccc(C(C)C)cc1. The van der Waals surface area contributed by atoms with E-state index in [-0.39, 0.29) is 18.0 Å². The third-order valence-corrected chi connectivity index (χ3v) is 5.14. The van der Waals surface area contributed by atoms with E-state index >= 15 is 0 Å². The van der Waals surface area contributed by atoms with Gasteiger partial charge in [-0.25, -0.2) is 0 Å². The molecule has 1 fully saturated rings. The molecule has 2 aromatic rings. The Hall–Kier alpha value is -2.98. The molecule has 1 aromatic carbocycles. The van der Waals surface area contributed by atoms with E-state index in [1.807, 2.05) is 25.2 Å². The van der Waals surface area contributed by atoms with Gasteiger partial charge in [-0.1, -0.05) is 38.1 Å². The fourth-order valence-electron chi connectivity index (χ4n) is 3.45. The summed E-state index contributed by atoms with van der Waals surface area (Å²) in [6.07, 6.45) is 0.363. The van der Waals surface area contributed by atoms with Crippen LogP contribution in [0.3, 0.4) is 0 Å². The van der Waals surface area contributed by atoms with Gasteiger partial charge < -0.3 is 15.5 Å². The molecule has 0 aliphatic carbocycles. The molecule has 1 amide bonds. The van der Waals surface area contributed by atoms with Crippen LogP contribution in [0.5, 0.6) is 0 Å².